The second-order valence-electron chi connectivity index (χ2n) is 6.46. The molecule has 22 heavy (non-hydrogen) atoms. The molecule has 2 fully saturated rings. The molecule has 3 aliphatic rings. The van der Waals surface area contributed by atoms with Gasteiger partial charge in [-0.2, -0.15) is 0 Å². The minimum Gasteiger partial charge on any atom is -0.386 e. The summed E-state index contributed by atoms with van der Waals surface area (Å²) in [6, 6.07) is 9.92. The van der Waals surface area contributed by atoms with Gasteiger partial charge >= 0.3 is 0 Å². The van der Waals surface area contributed by atoms with E-state index in [1.807, 2.05) is 50.3 Å². The molecule has 0 bridgehead atoms. The van der Waals surface area contributed by atoms with Crippen molar-refractivity contribution in [2.24, 2.45) is 0 Å². The Labute approximate surface area is 129 Å². The van der Waals surface area contributed by atoms with Crippen molar-refractivity contribution in [3.63, 3.8) is 0 Å². The van der Waals surface area contributed by atoms with Crippen LogP contribution in [0.4, 0.5) is 0 Å². The number of aliphatic hydroxyl groups is 1. The molecule has 1 aromatic rings. The Morgan fingerprint density at radius 2 is 1.91 bits per heavy atom. The largest absolute Gasteiger partial charge is 0.386 e. The lowest BCUT2D eigenvalue weighted by Crippen LogP contribution is -2.50. The monoisotopic (exact) mass is 304 g/mol. The summed E-state index contributed by atoms with van der Waals surface area (Å²) in [4.78, 5) is 0. The molecule has 0 saturated carbocycles. The number of rotatable bonds is 3. The summed E-state index contributed by atoms with van der Waals surface area (Å²) in [5.74, 6) is -0.717. The zero-order valence-corrected chi connectivity index (χ0v) is 12.6. The van der Waals surface area contributed by atoms with Crippen LogP contribution in [0.5, 0.6) is 0 Å². The Morgan fingerprint density at radius 1 is 1.14 bits per heavy atom. The summed E-state index contributed by atoms with van der Waals surface area (Å²) in [6.07, 6.45) is 1.46. The topological polar surface area (TPSA) is 57.2 Å². The first kappa shape index (κ1) is 14.4. The molecule has 5 nitrogen and oxygen atoms in total. The first-order valence-electron chi connectivity index (χ1n) is 7.57. The van der Waals surface area contributed by atoms with Crippen LogP contribution in [0.3, 0.4) is 0 Å². The number of aliphatic hydroxyl groups excluding tert-OH is 1. The number of benzene rings is 1. The number of fused-ring (bicyclic) bond motifs is 3. The highest BCUT2D eigenvalue weighted by Gasteiger charge is 2.66. The third kappa shape index (κ3) is 2.13. The van der Waals surface area contributed by atoms with E-state index in [1.165, 1.54) is 0 Å². The molecular formula is C17H20O5. The van der Waals surface area contributed by atoms with Gasteiger partial charge in [0.25, 0.3) is 0 Å². The van der Waals surface area contributed by atoms with Crippen LogP contribution >= 0.6 is 0 Å². The van der Waals surface area contributed by atoms with E-state index in [0.29, 0.717) is 6.61 Å². The van der Waals surface area contributed by atoms with E-state index in [4.69, 9.17) is 18.9 Å². The van der Waals surface area contributed by atoms with Gasteiger partial charge in [0.05, 0.1) is 6.61 Å². The van der Waals surface area contributed by atoms with E-state index in [2.05, 4.69) is 0 Å². The smallest absolute Gasteiger partial charge is 0.191 e. The first-order chi connectivity index (χ1) is 10.5. The molecule has 0 spiro atoms. The number of ether oxygens (including phenoxy) is 4. The zero-order valence-electron chi connectivity index (χ0n) is 12.6. The molecule has 1 aliphatic carbocycles. The number of hydrogen-bond donors (Lipinski definition) is 1. The fourth-order valence-corrected chi connectivity index (χ4v) is 3.43. The van der Waals surface area contributed by atoms with Gasteiger partial charge in [-0.3, -0.25) is 0 Å². The maximum atomic E-state index is 10.1. The molecule has 0 aromatic heterocycles. The van der Waals surface area contributed by atoms with Crippen molar-refractivity contribution < 1.29 is 24.1 Å². The van der Waals surface area contributed by atoms with Gasteiger partial charge in [-0.1, -0.05) is 36.4 Å². The SMILES string of the molecule is CC1(C)O[C@H]2O[C@@H]3[C@@H](O)C=C[C@]3(OCc3ccccc3)[C@H]2O1. The summed E-state index contributed by atoms with van der Waals surface area (Å²) in [6.45, 7) is 4.12. The van der Waals surface area contributed by atoms with Crippen LogP contribution in [0.2, 0.25) is 0 Å². The van der Waals surface area contributed by atoms with Crippen molar-refractivity contribution >= 4 is 0 Å². The Balaban J connectivity index is 1.60. The van der Waals surface area contributed by atoms with Crippen LogP contribution in [0.25, 0.3) is 0 Å². The fraction of sp³-hybridized carbons (Fsp3) is 0.529. The van der Waals surface area contributed by atoms with Gasteiger partial charge in [0.2, 0.25) is 0 Å². The predicted molar refractivity (Wildman–Crippen MR) is 77.8 cm³/mol. The van der Waals surface area contributed by atoms with E-state index in [1.54, 1.807) is 6.08 Å². The Kier molecular flexibility index (Phi) is 3.18. The van der Waals surface area contributed by atoms with Crippen LogP contribution in [0.1, 0.15) is 19.4 Å². The van der Waals surface area contributed by atoms with E-state index in [-0.39, 0.29) is 6.10 Å². The molecule has 118 valence electrons. The molecule has 2 heterocycles. The van der Waals surface area contributed by atoms with Gasteiger partial charge in [0, 0.05) is 0 Å². The highest BCUT2D eigenvalue weighted by Crippen LogP contribution is 2.49. The molecule has 4 rings (SSSR count). The van der Waals surface area contributed by atoms with Crippen molar-refractivity contribution in [1.82, 2.24) is 0 Å². The standard InChI is InChI=1S/C17H20O5/c1-16(2)21-14-15(22-16)20-13-12(18)8-9-17(13,14)19-10-11-6-4-3-5-7-11/h3-9,12-15,18H,10H2,1-2H3/t12-,13+,14-,15+,17+/m0/s1. The second-order valence-corrected chi connectivity index (χ2v) is 6.46. The fourth-order valence-electron chi connectivity index (χ4n) is 3.43. The Morgan fingerprint density at radius 3 is 2.68 bits per heavy atom. The van der Waals surface area contributed by atoms with Crippen molar-refractivity contribution in [2.75, 3.05) is 0 Å². The quantitative estimate of drug-likeness (QED) is 0.862. The third-order valence-corrected chi connectivity index (χ3v) is 4.42. The van der Waals surface area contributed by atoms with E-state index in [9.17, 15) is 5.11 Å². The average molecular weight is 304 g/mol. The molecule has 0 radical (unpaired) electrons. The molecule has 5 heteroatoms. The van der Waals surface area contributed by atoms with Gasteiger partial charge in [0.15, 0.2) is 12.1 Å². The van der Waals surface area contributed by atoms with Gasteiger partial charge in [0.1, 0.15) is 23.9 Å². The minimum absolute atomic E-state index is 0.385. The molecule has 5 atom stereocenters. The minimum atomic E-state index is -0.812. The van der Waals surface area contributed by atoms with Crippen molar-refractivity contribution in [3.8, 4) is 0 Å². The molecule has 0 amide bonds. The molecule has 2 saturated heterocycles. The summed E-state index contributed by atoms with van der Waals surface area (Å²) in [5, 5.41) is 10.1. The lowest BCUT2D eigenvalue weighted by atomic mass is 9.94. The predicted octanol–water partition coefficient (Wildman–Crippen LogP) is 1.75. The Bertz CT molecular complexity index is 584. The summed E-state index contributed by atoms with van der Waals surface area (Å²) in [7, 11) is 0. The van der Waals surface area contributed by atoms with Crippen molar-refractivity contribution in [2.45, 2.75) is 56.4 Å². The van der Waals surface area contributed by atoms with Gasteiger partial charge in [-0.15, -0.1) is 0 Å². The van der Waals surface area contributed by atoms with Gasteiger partial charge in [-0.05, 0) is 25.5 Å². The van der Waals surface area contributed by atoms with E-state index in [0.717, 1.165) is 5.56 Å². The van der Waals surface area contributed by atoms with Crippen molar-refractivity contribution in [1.29, 1.82) is 0 Å². The zero-order chi connectivity index (χ0) is 15.4. The average Bonchev–Trinajstić information content (AvgIpc) is 3.06. The van der Waals surface area contributed by atoms with Crippen LogP contribution in [-0.4, -0.2) is 41.1 Å². The van der Waals surface area contributed by atoms with Crippen LogP contribution in [0, 0.1) is 0 Å². The normalized spacial score (nSPS) is 41.6. The molecular weight excluding hydrogens is 284 g/mol. The molecule has 1 aromatic carbocycles. The lowest BCUT2D eigenvalue weighted by Gasteiger charge is -2.33. The van der Waals surface area contributed by atoms with Crippen molar-refractivity contribution in [3.05, 3.63) is 48.0 Å². The highest BCUT2D eigenvalue weighted by molar-refractivity contribution is 5.28. The van der Waals surface area contributed by atoms with E-state index >= 15 is 0 Å². The first-order valence-corrected chi connectivity index (χ1v) is 7.57. The highest BCUT2D eigenvalue weighted by atomic mass is 16.8. The molecule has 0 unspecified atom stereocenters. The molecule has 1 N–H and O–H groups in total. The maximum absolute atomic E-state index is 10.1. The number of hydrogen-bond acceptors (Lipinski definition) is 5. The molecule has 2 aliphatic heterocycles. The third-order valence-electron chi connectivity index (χ3n) is 4.42. The summed E-state index contributed by atoms with van der Waals surface area (Å²) >= 11 is 0. The van der Waals surface area contributed by atoms with E-state index < -0.39 is 29.9 Å². The van der Waals surface area contributed by atoms with Crippen LogP contribution in [-0.2, 0) is 25.6 Å². The maximum Gasteiger partial charge on any atom is 0.191 e. The Hall–Kier alpha value is -1.24. The van der Waals surface area contributed by atoms with Crippen LogP contribution < -0.4 is 0 Å². The van der Waals surface area contributed by atoms with Crippen LogP contribution in [0.15, 0.2) is 42.5 Å². The lowest BCUT2D eigenvalue weighted by molar-refractivity contribution is -0.236. The summed E-state index contributed by atoms with van der Waals surface area (Å²) < 4.78 is 23.8. The second kappa shape index (κ2) is 4.88. The van der Waals surface area contributed by atoms with Gasteiger partial charge < -0.3 is 24.1 Å². The summed E-state index contributed by atoms with van der Waals surface area (Å²) in [5.41, 5.74) is 0.250. The van der Waals surface area contributed by atoms with Gasteiger partial charge in [-0.25, -0.2) is 0 Å².